The highest BCUT2D eigenvalue weighted by molar-refractivity contribution is 7.99. The van der Waals surface area contributed by atoms with Crippen molar-refractivity contribution in [2.75, 3.05) is 5.75 Å². The molecule has 0 amide bonds. The average Bonchev–Trinajstić information content (AvgIpc) is 2.78. The molecule has 0 aliphatic heterocycles. The number of Topliss-reactive ketones (excluding diaryl/α,β-unsaturated/α-hetero) is 1. The van der Waals surface area contributed by atoms with Gasteiger partial charge in [0.05, 0.1) is 34.0 Å². The van der Waals surface area contributed by atoms with Crippen molar-refractivity contribution in [1.82, 2.24) is 9.55 Å². The minimum Gasteiger partial charge on any atom is -0.293 e. The Morgan fingerprint density at radius 3 is 2.38 bits per heavy atom. The monoisotopic (exact) mass is 397 g/mol. The predicted molar refractivity (Wildman–Crippen MR) is 114 cm³/mol. The van der Waals surface area contributed by atoms with Gasteiger partial charge in [0.15, 0.2) is 10.9 Å². The first-order chi connectivity index (χ1) is 14.2. The van der Waals surface area contributed by atoms with Crippen LogP contribution < -0.4 is 5.56 Å². The van der Waals surface area contributed by atoms with E-state index in [-0.39, 0.29) is 17.1 Å². The quantitative estimate of drug-likeness (QED) is 0.286. The number of hydrogen-bond donors (Lipinski definition) is 0. The number of aromatic nitrogens is 2. The van der Waals surface area contributed by atoms with Crippen molar-refractivity contribution in [2.24, 2.45) is 0 Å². The Bertz CT molecular complexity index is 1290. The van der Waals surface area contributed by atoms with Crippen molar-refractivity contribution in [2.45, 2.75) is 5.16 Å². The van der Waals surface area contributed by atoms with Crippen LogP contribution in [0.15, 0.2) is 88.8 Å². The molecule has 4 rings (SSSR count). The van der Waals surface area contributed by atoms with Gasteiger partial charge in [-0.1, -0.05) is 54.2 Å². The molecule has 3 aromatic carbocycles. The molecule has 0 bridgehead atoms. The minimum atomic E-state index is -0.213. The SMILES string of the molecule is N#Cc1ccc(-n2c(SCC(=O)c3ccccc3)nc3ccccc3c2=O)cc1. The third kappa shape index (κ3) is 3.82. The molecule has 0 atom stereocenters. The van der Waals surface area contributed by atoms with Gasteiger partial charge < -0.3 is 0 Å². The van der Waals surface area contributed by atoms with Gasteiger partial charge in [0.25, 0.3) is 5.56 Å². The summed E-state index contributed by atoms with van der Waals surface area (Å²) in [5, 5.41) is 9.96. The molecule has 1 aromatic heterocycles. The second-order valence-corrected chi connectivity index (χ2v) is 7.23. The molecule has 0 radical (unpaired) electrons. The normalized spacial score (nSPS) is 10.6. The van der Waals surface area contributed by atoms with Crippen LogP contribution in [0, 0.1) is 11.3 Å². The van der Waals surface area contributed by atoms with Gasteiger partial charge in [0, 0.05) is 5.56 Å². The summed E-state index contributed by atoms with van der Waals surface area (Å²) in [6.07, 6.45) is 0. The van der Waals surface area contributed by atoms with Crippen LogP contribution in [-0.2, 0) is 0 Å². The largest absolute Gasteiger partial charge is 0.293 e. The average molecular weight is 397 g/mol. The number of carbonyl (C=O) groups excluding carboxylic acids is 1. The molecule has 0 saturated carbocycles. The number of benzene rings is 3. The molecular weight excluding hydrogens is 382 g/mol. The van der Waals surface area contributed by atoms with Gasteiger partial charge in [-0.25, -0.2) is 4.98 Å². The van der Waals surface area contributed by atoms with Crippen LogP contribution in [0.5, 0.6) is 0 Å². The van der Waals surface area contributed by atoms with Crippen LogP contribution in [-0.4, -0.2) is 21.1 Å². The van der Waals surface area contributed by atoms with Crippen molar-refractivity contribution in [1.29, 1.82) is 5.26 Å². The molecule has 29 heavy (non-hydrogen) atoms. The Hall–Kier alpha value is -3.69. The van der Waals surface area contributed by atoms with E-state index in [2.05, 4.69) is 11.1 Å². The Morgan fingerprint density at radius 2 is 1.66 bits per heavy atom. The Balaban J connectivity index is 1.78. The second kappa shape index (κ2) is 8.13. The molecular formula is C23H15N3O2S. The number of nitriles is 1. The van der Waals surface area contributed by atoms with E-state index in [1.807, 2.05) is 24.3 Å². The van der Waals surface area contributed by atoms with Crippen molar-refractivity contribution >= 4 is 28.4 Å². The first-order valence-electron chi connectivity index (χ1n) is 8.91. The summed E-state index contributed by atoms with van der Waals surface area (Å²) in [4.78, 5) is 30.3. The van der Waals surface area contributed by atoms with E-state index in [0.29, 0.717) is 32.9 Å². The first kappa shape index (κ1) is 18.7. The van der Waals surface area contributed by atoms with E-state index in [9.17, 15) is 9.59 Å². The first-order valence-corrected chi connectivity index (χ1v) is 9.89. The lowest BCUT2D eigenvalue weighted by Gasteiger charge is -2.13. The lowest BCUT2D eigenvalue weighted by molar-refractivity contribution is 0.102. The molecule has 0 N–H and O–H groups in total. The highest BCUT2D eigenvalue weighted by Crippen LogP contribution is 2.22. The van der Waals surface area contributed by atoms with Gasteiger partial charge in [-0.15, -0.1) is 0 Å². The summed E-state index contributed by atoms with van der Waals surface area (Å²) in [5.41, 5.74) is 2.09. The van der Waals surface area contributed by atoms with Crippen molar-refractivity contribution < 1.29 is 4.79 Å². The van der Waals surface area contributed by atoms with E-state index in [4.69, 9.17) is 5.26 Å². The van der Waals surface area contributed by atoms with Gasteiger partial charge in [0.1, 0.15) is 0 Å². The smallest absolute Gasteiger partial charge is 0.266 e. The Morgan fingerprint density at radius 1 is 0.966 bits per heavy atom. The fourth-order valence-corrected chi connectivity index (χ4v) is 3.87. The molecule has 5 nitrogen and oxygen atoms in total. The summed E-state index contributed by atoms with van der Waals surface area (Å²) in [6, 6.07) is 25.0. The summed E-state index contributed by atoms with van der Waals surface area (Å²) in [6.45, 7) is 0. The van der Waals surface area contributed by atoms with Crippen LogP contribution in [0.3, 0.4) is 0 Å². The molecule has 4 aromatic rings. The van der Waals surface area contributed by atoms with E-state index in [1.165, 1.54) is 16.3 Å². The summed E-state index contributed by atoms with van der Waals surface area (Å²) in [7, 11) is 0. The number of thioether (sulfide) groups is 1. The van der Waals surface area contributed by atoms with E-state index < -0.39 is 0 Å². The van der Waals surface area contributed by atoms with Gasteiger partial charge in [-0.05, 0) is 36.4 Å². The number of ketones is 1. The molecule has 6 heteroatoms. The second-order valence-electron chi connectivity index (χ2n) is 6.29. The molecule has 0 aliphatic carbocycles. The standard InChI is InChI=1S/C23H15N3O2S/c24-14-16-10-12-18(13-11-16)26-22(28)19-8-4-5-9-20(19)25-23(26)29-15-21(27)17-6-2-1-3-7-17/h1-13H,15H2. The number of rotatable bonds is 5. The lowest BCUT2D eigenvalue weighted by atomic mass is 10.2. The van der Waals surface area contributed by atoms with Crippen molar-refractivity contribution in [3.8, 4) is 11.8 Å². The summed E-state index contributed by atoms with van der Waals surface area (Å²) >= 11 is 1.22. The highest BCUT2D eigenvalue weighted by atomic mass is 32.2. The molecule has 1 heterocycles. The maximum absolute atomic E-state index is 13.2. The molecule has 0 unspecified atom stereocenters. The third-order valence-corrected chi connectivity index (χ3v) is 5.37. The van der Waals surface area contributed by atoms with E-state index >= 15 is 0 Å². The molecule has 0 spiro atoms. The van der Waals surface area contributed by atoms with Gasteiger partial charge in [-0.2, -0.15) is 5.26 Å². The summed E-state index contributed by atoms with van der Waals surface area (Å²) in [5.74, 6) is 0.120. The van der Waals surface area contributed by atoms with E-state index in [1.54, 1.807) is 54.6 Å². The maximum atomic E-state index is 13.2. The lowest BCUT2D eigenvalue weighted by Crippen LogP contribution is -2.22. The number of fused-ring (bicyclic) bond motifs is 1. The molecule has 140 valence electrons. The predicted octanol–water partition coefficient (Wildman–Crippen LogP) is 4.23. The maximum Gasteiger partial charge on any atom is 0.266 e. The molecule has 0 saturated heterocycles. The zero-order valence-electron chi connectivity index (χ0n) is 15.3. The number of para-hydroxylation sites is 1. The topological polar surface area (TPSA) is 75.8 Å². The number of carbonyl (C=O) groups is 1. The van der Waals surface area contributed by atoms with Crippen LogP contribution in [0.25, 0.3) is 16.6 Å². The summed E-state index contributed by atoms with van der Waals surface area (Å²) < 4.78 is 1.49. The fourth-order valence-electron chi connectivity index (χ4n) is 2.96. The third-order valence-electron chi connectivity index (χ3n) is 4.43. The minimum absolute atomic E-state index is 0.0376. The van der Waals surface area contributed by atoms with Gasteiger partial charge in [-0.3, -0.25) is 14.2 Å². The van der Waals surface area contributed by atoms with Crippen LogP contribution in [0.1, 0.15) is 15.9 Å². The Kier molecular flexibility index (Phi) is 5.23. The molecule has 0 fully saturated rings. The van der Waals surface area contributed by atoms with Crippen molar-refractivity contribution in [3.63, 3.8) is 0 Å². The van der Waals surface area contributed by atoms with Crippen molar-refractivity contribution in [3.05, 3.63) is 100 Å². The zero-order chi connectivity index (χ0) is 20.2. The van der Waals surface area contributed by atoms with Crippen LogP contribution in [0.2, 0.25) is 0 Å². The van der Waals surface area contributed by atoms with Crippen LogP contribution >= 0.6 is 11.8 Å². The van der Waals surface area contributed by atoms with E-state index in [0.717, 1.165) is 0 Å². The molecule has 0 aliphatic rings. The number of nitrogens with zero attached hydrogens (tertiary/aromatic N) is 3. The fraction of sp³-hybridized carbons (Fsp3) is 0.0435. The Labute approximate surface area is 171 Å². The number of hydrogen-bond acceptors (Lipinski definition) is 5. The zero-order valence-corrected chi connectivity index (χ0v) is 16.1. The van der Waals surface area contributed by atoms with Gasteiger partial charge in [0.2, 0.25) is 0 Å². The van der Waals surface area contributed by atoms with Crippen LogP contribution in [0.4, 0.5) is 0 Å². The highest BCUT2D eigenvalue weighted by Gasteiger charge is 2.15. The van der Waals surface area contributed by atoms with Gasteiger partial charge >= 0.3 is 0 Å².